The SMILES string of the molecule is CCC(CC)(CNC1CCOC(C(F)(F)F)C1)C(=O)O. The molecule has 2 atom stereocenters. The molecule has 1 aliphatic heterocycles. The van der Waals surface area contributed by atoms with E-state index >= 15 is 0 Å². The molecule has 1 saturated heterocycles. The van der Waals surface area contributed by atoms with E-state index in [9.17, 15) is 23.1 Å². The number of alkyl halides is 3. The molecule has 1 heterocycles. The van der Waals surface area contributed by atoms with E-state index in [1.807, 2.05) is 0 Å². The zero-order valence-electron chi connectivity index (χ0n) is 11.8. The second-order valence-electron chi connectivity index (χ2n) is 5.30. The first-order valence-electron chi connectivity index (χ1n) is 6.90. The van der Waals surface area contributed by atoms with E-state index in [0.717, 1.165) is 0 Å². The molecular formula is C13H22F3NO3. The fraction of sp³-hybridized carbons (Fsp3) is 0.923. The van der Waals surface area contributed by atoms with Crippen molar-refractivity contribution in [3.8, 4) is 0 Å². The number of rotatable bonds is 6. The van der Waals surface area contributed by atoms with Crippen LogP contribution in [0.2, 0.25) is 0 Å². The molecule has 0 aliphatic carbocycles. The van der Waals surface area contributed by atoms with Crippen LogP contribution >= 0.6 is 0 Å². The summed E-state index contributed by atoms with van der Waals surface area (Å²) >= 11 is 0. The van der Waals surface area contributed by atoms with Crippen molar-refractivity contribution in [2.24, 2.45) is 5.41 Å². The highest BCUT2D eigenvalue weighted by molar-refractivity contribution is 5.74. The summed E-state index contributed by atoms with van der Waals surface area (Å²) in [5.74, 6) is -0.908. The summed E-state index contributed by atoms with van der Waals surface area (Å²) in [7, 11) is 0. The Morgan fingerprint density at radius 1 is 1.35 bits per heavy atom. The van der Waals surface area contributed by atoms with Gasteiger partial charge in [0.15, 0.2) is 6.10 Å². The van der Waals surface area contributed by atoms with Crippen LogP contribution in [0.15, 0.2) is 0 Å². The van der Waals surface area contributed by atoms with Gasteiger partial charge in [0.1, 0.15) is 0 Å². The summed E-state index contributed by atoms with van der Waals surface area (Å²) < 4.78 is 42.5. The molecule has 0 amide bonds. The van der Waals surface area contributed by atoms with Crippen LogP contribution in [0.1, 0.15) is 39.5 Å². The predicted octanol–water partition coefficient (Wildman–Crippen LogP) is 2.58. The lowest BCUT2D eigenvalue weighted by Gasteiger charge is -2.34. The van der Waals surface area contributed by atoms with Gasteiger partial charge in [-0.25, -0.2) is 0 Å². The quantitative estimate of drug-likeness (QED) is 0.791. The molecule has 0 aromatic carbocycles. The number of carbonyl (C=O) groups is 1. The molecule has 2 N–H and O–H groups in total. The van der Waals surface area contributed by atoms with Crippen LogP contribution in [0, 0.1) is 5.41 Å². The van der Waals surface area contributed by atoms with E-state index < -0.39 is 23.7 Å². The molecule has 0 saturated carbocycles. The Kier molecular flexibility index (Phi) is 5.82. The number of halogens is 3. The van der Waals surface area contributed by atoms with Crippen molar-refractivity contribution in [1.82, 2.24) is 5.32 Å². The minimum atomic E-state index is -4.36. The van der Waals surface area contributed by atoms with Gasteiger partial charge in [-0.3, -0.25) is 4.79 Å². The summed E-state index contributed by atoms with van der Waals surface area (Å²) in [6.45, 7) is 3.79. The first-order chi connectivity index (χ1) is 9.25. The average molecular weight is 297 g/mol. The van der Waals surface area contributed by atoms with Crippen LogP contribution < -0.4 is 5.32 Å². The molecule has 1 fully saturated rings. The van der Waals surface area contributed by atoms with Crippen molar-refractivity contribution in [1.29, 1.82) is 0 Å². The van der Waals surface area contributed by atoms with E-state index in [4.69, 9.17) is 4.74 Å². The zero-order valence-corrected chi connectivity index (χ0v) is 11.8. The van der Waals surface area contributed by atoms with Crippen LogP contribution in [0.4, 0.5) is 13.2 Å². The van der Waals surface area contributed by atoms with Crippen molar-refractivity contribution in [2.75, 3.05) is 13.2 Å². The lowest BCUT2D eigenvalue weighted by molar-refractivity contribution is -0.232. The smallest absolute Gasteiger partial charge is 0.414 e. The van der Waals surface area contributed by atoms with Gasteiger partial charge in [-0.1, -0.05) is 13.8 Å². The molecule has 7 heteroatoms. The van der Waals surface area contributed by atoms with E-state index in [2.05, 4.69) is 5.32 Å². The van der Waals surface area contributed by atoms with Gasteiger partial charge in [0.2, 0.25) is 0 Å². The molecule has 0 spiro atoms. The Balaban J connectivity index is 2.58. The van der Waals surface area contributed by atoms with Gasteiger partial charge in [-0.15, -0.1) is 0 Å². The molecule has 1 aliphatic rings. The van der Waals surface area contributed by atoms with E-state index in [1.165, 1.54) is 0 Å². The maximum atomic E-state index is 12.6. The predicted molar refractivity (Wildman–Crippen MR) is 67.5 cm³/mol. The normalized spacial score (nSPS) is 24.6. The minimum absolute atomic E-state index is 0.0418. The summed E-state index contributed by atoms with van der Waals surface area (Å²) in [5.41, 5.74) is -0.911. The number of nitrogens with one attached hydrogen (secondary N) is 1. The molecule has 4 nitrogen and oxygen atoms in total. The summed E-state index contributed by atoms with van der Waals surface area (Å²) in [5, 5.41) is 12.3. The Morgan fingerprint density at radius 3 is 2.40 bits per heavy atom. The Hall–Kier alpha value is -0.820. The van der Waals surface area contributed by atoms with Crippen molar-refractivity contribution in [3.63, 3.8) is 0 Å². The average Bonchev–Trinajstić information content (AvgIpc) is 2.39. The molecule has 2 unspecified atom stereocenters. The third kappa shape index (κ3) is 4.09. The van der Waals surface area contributed by atoms with Gasteiger partial charge in [0.25, 0.3) is 0 Å². The van der Waals surface area contributed by atoms with Crippen molar-refractivity contribution >= 4 is 5.97 Å². The highest BCUT2D eigenvalue weighted by atomic mass is 19.4. The third-order valence-corrected chi connectivity index (χ3v) is 4.19. The minimum Gasteiger partial charge on any atom is -0.481 e. The molecule has 20 heavy (non-hydrogen) atoms. The largest absolute Gasteiger partial charge is 0.481 e. The summed E-state index contributed by atoms with van der Waals surface area (Å²) in [6, 6.07) is -0.354. The molecule has 0 radical (unpaired) electrons. The van der Waals surface area contributed by atoms with Crippen LogP contribution in [-0.4, -0.2) is 42.5 Å². The first-order valence-corrected chi connectivity index (χ1v) is 6.90. The summed E-state index contributed by atoms with van der Waals surface area (Å²) in [6.07, 6.45) is -4.92. The van der Waals surface area contributed by atoms with Gasteiger partial charge in [0, 0.05) is 19.2 Å². The monoisotopic (exact) mass is 297 g/mol. The number of hydrogen-bond acceptors (Lipinski definition) is 3. The third-order valence-electron chi connectivity index (χ3n) is 4.19. The summed E-state index contributed by atoms with van der Waals surface area (Å²) in [4.78, 5) is 11.3. The van der Waals surface area contributed by atoms with Gasteiger partial charge in [-0.05, 0) is 25.7 Å². The Morgan fingerprint density at radius 2 is 1.95 bits per heavy atom. The lowest BCUT2D eigenvalue weighted by atomic mass is 9.82. The highest BCUT2D eigenvalue weighted by Gasteiger charge is 2.44. The highest BCUT2D eigenvalue weighted by Crippen LogP contribution is 2.31. The van der Waals surface area contributed by atoms with E-state index in [0.29, 0.717) is 19.3 Å². The van der Waals surface area contributed by atoms with Crippen molar-refractivity contribution < 1.29 is 27.8 Å². The van der Waals surface area contributed by atoms with Crippen molar-refractivity contribution in [3.05, 3.63) is 0 Å². The van der Waals surface area contributed by atoms with E-state index in [1.54, 1.807) is 13.8 Å². The first kappa shape index (κ1) is 17.2. The van der Waals surface area contributed by atoms with Gasteiger partial charge < -0.3 is 15.2 Å². The molecule has 0 aromatic rings. The topological polar surface area (TPSA) is 58.6 Å². The van der Waals surface area contributed by atoms with Crippen molar-refractivity contribution in [2.45, 2.75) is 57.9 Å². The fourth-order valence-electron chi connectivity index (χ4n) is 2.43. The Labute approximate surface area is 116 Å². The molecule has 0 bridgehead atoms. The van der Waals surface area contributed by atoms with Gasteiger partial charge in [0.05, 0.1) is 5.41 Å². The second kappa shape index (κ2) is 6.76. The van der Waals surface area contributed by atoms with E-state index in [-0.39, 0.29) is 25.6 Å². The molecular weight excluding hydrogens is 275 g/mol. The molecule has 0 aromatic heterocycles. The molecule has 118 valence electrons. The van der Waals surface area contributed by atoms with Crippen LogP contribution in [0.5, 0.6) is 0 Å². The second-order valence-corrected chi connectivity index (χ2v) is 5.30. The fourth-order valence-corrected chi connectivity index (χ4v) is 2.43. The number of ether oxygens (including phenoxy) is 1. The van der Waals surface area contributed by atoms with Gasteiger partial charge >= 0.3 is 12.1 Å². The number of carboxylic acids is 1. The van der Waals surface area contributed by atoms with Gasteiger partial charge in [-0.2, -0.15) is 13.2 Å². The molecule has 1 rings (SSSR count). The number of aliphatic carboxylic acids is 1. The lowest BCUT2D eigenvalue weighted by Crippen LogP contribution is -2.49. The number of carboxylic acid groups (broad SMARTS) is 1. The standard InChI is InChI=1S/C13H22F3NO3/c1-3-12(4-2,11(18)19)8-17-9-5-6-20-10(7-9)13(14,15)16/h9-10,17H,3-8H2,1-2H3,(H,18,19). The maximum Gasteiger partial charge on any atom is 0.414 e. The van der Waals surface area contributed by atoms with Crippen LogP contribution in [0.25, 0.3) is 0 Å². The van der Waals surface area contributed by atoms with Crippen LogP contribution in [0.3, 0.4) is 0 Å². The van der Waals surface area contributed by atoms with Crippen LogP contribution in [-0.2, 0) is 9.53 Å². The Bertz CT molecular complexity index is 329. The maximum absolute atomic E-state index is 12.6. The zero-order chi connectivity index (χ0) is 15.4. The number of hydrogen-bond donors (Lipinski definition) is 2.